The normalized spacial score (nSPS) is 14.4. The Bertz CT molecular complexity index is 1480. The van der Waals surface area contributed by atoms with Crippen molar-refractivity contribution in [1.29, 1.82) is 0 Å². The van der Waals surface area contributed by atoms with Gasteiger partial charge >= 0.3 is 10.1 Å². The lowest BCUT2D eigenvalue weighted by Crippen LogP contribution is -2.19. The van der Waals surface area contributed by atoms with Crippen LogP contribution < -0.4 is 4.18 Å². The third kappa shape index (κ3) is 4.41. The Labute approximate surface area is 227 Å². The molecule has 0 spiro atoms. The molecule has 11 heteroatoms. The fraction of sp³-hybridized carbons (Fsp3) is 0.238. The molecule has 6 nitrogen and oxygen atoms in total. The van der Waals surface area contributed by atoms with Crippen LogP contribution in [0.5, 0.6) is 5.75 Å². The summed E-state index contributed by atoms with van der Waals surface area (Å²) in [4.78, 5) is -0.0662. The Morgan fingerprint density at radius 2 is 1.44 bits per heavy atom. The Balaban J connectivity index is 1.93. The van der Waals surface area contributed by atoms with Crippen molar-refractivity contribution in [3.63, 3.8) is 0 Å². The second-order valence-corrected chi connectivity index (χ2v) is 13.6. The highest BCUT2D eigenvalue weighted by molar-refractivity contribution is 14.1. The summed E-state index contributed by atoms with van der Waals surface area (Å²) in [5.74, 6) is 0.155. The van der Waals surface area contributed by atoms with Crippen molar-refractivity contribution in [3.8, 4) is 5.75 Å². The molecule has 0 heterocycles. The van der Waals surface area contributed by atoms with E-state index in [1.807, 2.05) is 69.4 Å². The highest BCUT2D eigenvalue weighted by Crippen LogP contribution is 2.41. The first-order valence-corrected chi connectivity index (χ1v) is 15.6. The predicted octanol–water partition coefficient (Wildman–Crippen LogP) is 5.86. The summed E-state index contributed by atoms with van der Waals surface area (Å²) < 4.78 is 68.3. The van der Waals surface area contributed by atoms with Gasteiger partial charge in [0.05, 0.1) is 8.47 Å². The molecule has 0 saturated carbocycles. The van der Waals surface area contributed by atoms with E-state index in [1.165, 1.54) is 6.07 Å². The number of halogens is 3. The number of rotatable bonds is 4. The van der Waals surface area contributed by atoms with Crippen molar-refractivity contribution in [2.45, 2.75) is 42.4 Å². The Morgan fingerprint density at radius 1 is 0.875 bits per heavy atom. The molecule has 0 aromatic heterocycles. The molecule has 0 saturated heterocycles. The van der Waals surface area contributed by atoms with Gasteiger partial charge in [-0.15, -0.1) is 0 Å². The molecule has 1 aliphatic carbocycles. The highest BCUT2D eigenvalue weighted by atomic mass is 127. The molecule has 0 aliphatic heterocycles. The second kappa shape index (κ2) is 9.09. The van der Waals surface area contributed by atoms with E-state index in [2.05, 4.69) is 22.6 Å². The van der Waals surface area contributed by atoms with Gasteiger partial charge in [-0.05, 0) is 128 Å². The molecule has 1 aliphatic rings. The van der Waals surface area contributed by atoms with Crippen LogP contribution >= 0.6 is 67.8 Å². The Kier molecular flexibility index (Phi) is 7.07. The number of aryl methyl sites for hydroxylation is 1. The van der Waals surface area contributed by atoms with Crippen LogP contribution in [0.4, 0.5) is 0 Å². The van der Waals surface area contributed by atoms with Crippen LogP contribution in [-0.4, -0.2) is 21.4 Å². The van der Waals surface area contributed by atoms with Crippen molar-refractivity contribution < 1.29 is 25.6 Å². The molecular formula is C21H17I3O6S2. The predicted molar refractivity (Wildman–Crippen MR) is 148 cm³/mol. The van der Waals surface area contributed by atoms with Crippen LogP contribution in [0.25, 0.3) is 10.8 Å². The summed E-state index contributed by atoms with van der Waals surface area (Å²) in [6.45, 7) is 1.59. The lowest BCUT2D eigenvalue weighted by atomic mass is 9.89. The molecule has 170 valence electrons. The molecule has 3 aromatic carbocycles. The minimum absolute atomic E-state index is 0.101. The lowest BCUT2D eigenvalue weighted by Gasteiger charge is -2.23. The summed E-state index contributed by atoms with van der Waals surface area (Å²) in [6.07, 6.45) is 2.45. The molecule has 0 radical (unpaired) electrons. The maximum Gasteiger partial charge on any atom is 0.341 e. The number of benzene rings is 3. The van der Waals surface area contributed by atoms with Gasteiger partial charge in [0.1, 0.15) is 10.6 Å². The summed E-state index contributed by atoms with van der Waals surface area (Å²) in [5, 5.41) is 1.78. The van der Waals surface area contributed by atoms with E-state index >= 15 is 0 Å². The van der Waals surface area contributed by atoms with Gasteiger partial charge in [0.25, 0.3) is 10.1 Å². The van der Waals surface area contributed by atoms with Gasteiger partial charge in [-0.2, -0.15) is 16.8 Å². The van der Waals surface area contributed by atoms with Gasteiger partial charge in [-0.1, -0.05) is 24.3 Å². The van der Waals surface area contributed by atoms with Crippen molar-refractivity contribution in [3.05, 3.63) is 57.7 Å². The molecule has 0 amide bonds. The minimum atomic E-state index is -4.43. The smallest absolute Gasteiger partial charge is 0.341 e. The molecule has 1 N–H and O–H groups in total. The average molecular weight is 810 g/mol. The van der Waals surface area contributed by atoms with Crippen LogP contribution in [0, 0.1) is 17.6 Å². The van der Waals surface area contributed by atoms with Crippen LogP contribution in [0.2, 0.25) is 0 Å². The first-order chi connectivity index (χ1) is 14.9. The molecule has 4 rings (SSSR count). The largest absolute Gasteiger partial charge is 0.378 e. The fourth-order valence-corrected chi connectivity index (χ4v) is 10.4. The van der Waals surface area contributed by atoms with E-state index in [-0.39, 0.29) is 15.5 Å². The van der Waals surface area contributed by atoms with E-state index in [4.69, 9.17) is 4.18 Å². The molecule has 0 fully saturated rings. The quantitative estimate of drug-likeness (QED) is 0.154. The molecule has 32 heavy (non-hydrogen) atoms. The number of hydrogen-bond donors (Lipinski definition) is 1. The van der Waals surface area contributed by atoms with Crippen LogP contribution in [0.1, 0.15) is 29.5 Å². The Morgan fingerprint density at radius 3 is 2.03 bits per heavy atom. The zero-order chi connectivity index (χ0) is 23.4. The van der Waals surface area contributed by atoms with Gasteiger partial charge in [-0.25, -0.2) is 0 Å². The molecule has 0 unspecified atom stereocenters. The maximum atomic E-state index is 13.6. The standard InChI is InChI=1S/C21H17I3O6S2/c1-11-10-16(31(25,26)27)12-6-2-5-9-15(12)20(11)30-32(28,29)21-18(23)14-8-4-3-7-13(14)17(22)19(21)24/h3-4,7-8,10H,2,5-6,9H2,1H3,(H,25,26,27). The van der Waals surface area contributed by atoms with Crippen LogP contribution in [-0.2, 0) is 33.1 Å². The van der Waals surface area contributed by atoms with E-state index < -0.39 is 20.2 Å². The second-order valence-electron chi connectivity index (χ2n) is 7.51. The minimum Gasteiger partial charge on any atom is -0.378 e. The van der Waals surface area contributed by atoms with Crippen LogP contribution in [0.3, 0.4) is 0 Å². The number of hydrogen-bond acceptors (Lipinski definition) is 5. The van der Waals surface area contributed by atoms with Crippen LogP contribution in [0.15, 0.2) is 40.1 Å². The van der Waals surface area contributed by atoms with E-state index in [0.717, 1.165) is 27.2 Å². The fourth-order valence-electron chi connectivity index (χ4n) is 4.03. The first kappa shape index (κ1) is 24.9. The van der Waals surface area contributed by atoms with Gasteiger partial charge in [0.15, 0.2) is 0 Å². The van der Waals surface area contributed by atoms with Crippen molar-refractivity contribution in [2.75, 3.05) is 0 Å². The summed E-state index contributed by atoms with van der Waals surface area (Å²) in [7, 11) is -8.66. The zero-order valence-corrected chi connectivity index (χ0v) is 24.8. The van der Waals surface area contributed by atoms with Gasteiger partial charge in [-0.3, -0.25) is 4.55 Å². The summed E-state index contributed by atoms with van der Waals surface area (Å²) >= 11 is 6.21. The third-order valence-corrected chi connectivity index (χ3v) is 12.8. The molecular weight excluding hydrogens is 793 g/mol. The van der Waals surface area contributed by atoms with Crippen molar-refractivity contribution in [2.24, 2.45) is 0 Å². The van der Waals surface area contributed by atoms with Gasteiger partial charge in [0, 0.05) is 12.7 Å². The molecule has 3 aromatic rings. The Hall–Kier alpha value is -0.230. The average Bonchev–Trinajstić information content (AvgIpc) is 2.73. The van der Waals surface area contributed by atoms with E-state index in [9.17, 15) is 21.4 Å². The lowest BCUT2D eigenvalue weighted by molar-refractivity contribution is 0.472. The topological polar surface area (TPSA) is 97.7 Å². The number of fused-ring (bicyclic) bond motifs is 2. The van der Waals surface area contributed by atoms with Gasteiger partial charge < -0.3 is 4.18 Å². The maximum absolute atomic E-state index is 13.6. The first-order valence-electron chi connectivity index (χ1n) is 9.56. The van der Waals surface area contributed by atoms with E-state index in [1.54, 1.807) is 6.92 Å². The van der Waals surface area contributed by atoms with Crippen molar-refractivity contribution >= 4 is 98.8 Å². The van der Waals surface area contributed by atoms with E-state index in [0.29, 0.717) is 36.7 Å². The third-order valence-electron chi connectivity index (χ3n) is 5.46. The summed E-state index contributed by atoms with van der Waals surface area (Å²) in [5.41, 5.74) is 1.32. The monoisotopic (exact) mass is 810 g/mol. The zero-order valence-electron chi connectivity index (χ0n) is 16.7. The molecule has 0 atom stereocenters. The van der Waals surface area contributed by atoms with Crippen molar-refractivity contribution in [1.82, 2.24) is 0 Å². The highest BCUT2D eigenvalue weighted by Gasteiger charge is 2.32. The summed E-state index contributed by atoms with van der Waals surface area (Å²) in [6, 6.07) is 8.90. The van der Waals surface area contributed by atoms with Gasteiger partial charge in [0.2, 0.25) is 0 Å². The SMILES string of the molecule is Cc1cc(S(=O)(=O)O)c2c(c1OS(=O)(=O)c1c(I)c(I)c3ccccc3c1I)CCCC2. The molecule has 0 bridgehead atoms.